The summed E-state index contributed by atoms with van der Waals surface area (Å²) in [5.74, 6) is -1.00. The first-order valence-corrected chi connectivity index (χ1v) is 10.1. The van der Waals surface area contributed by atoms with Crippen molar-refractivity contribution >= 4 is 34.6 Å². The van der Waals surface area contributed by atoms with Crippen LogP contribution in [0.4, 0.5) is 4.39 Å². The summed E-state index contributed by atoms with van der Waals surface area (Å²) in [6, 6.07) is 11.3. The predicted molar refractivity (Wildman–Crippen MR) is 107 cm³/mol. The van der Waals surface area contributed by atoms with Crippen LogP contribution in [0.5, 0.6) is 0 Å². The number of aryl methyl sites for hydroxylation is 1. The molecule has 0 aliphatic carbocycles. The summed E-state index contributed by atoms with van der Waals surface area (Å²) in [7, 11) is 0. The fourth-order valence-electron chi connectivity index (χ4n) is 3.36. The number of fused-ring (bicyclic) bond motifs is 1. The zero-order valence-electron chi connectivity index (χ0n) is 15.4. The number of hydrogen-bond donors (Lipinski definition) is 1. The number of carbonyl (C=O) groups excluding carboxylic acids is 2. The van der Waals surface area contributed by atoms with Crippen molar-refractivity contribution in [2.75, 3.05) is 6.54 Å². The Morgan fingerprint density at radius 1 is 1.21 bits per heavy atom. The molecular weight excluding hydrogens is 377 g/mol. The van der Waals surface area contributed by atoms with Gasteiger partial charge in [-0.25, -0.2) is 9.37 Å². The molecule has 2 amide bonds. The highest BCUT2D eigenvalue weighted by Gasteiger charge is 2.32. The second-order valence-corrected chi connectivity index (χ2v) is 8.16. The number of imidazole rings is 1. The molecule has 1 aliphatic heterocycles. The van der Waals surface area contributed by atoms with Gasteiger partial charge in [0.2, 0.25) is 5.91 Å². The van der Waals surface area contributed by atoms with Gasteiger partial charge in [-0.15, -0.1) is 0 Å². The van der Waals surface area contributed by atoms with Gasteiger partial charge >= 0.3 is 0 Å². The minimum atomic E-state index is -0.410. The first-order chi connectivity index (χ1) is 13.5. The maximum Gasteiger partial charge on any atom is 0.260 e. The lowest BCUT2D eigenvalue weighted by Crippen LogP contribution is -2.41. The van der Waals surface area contributed by atoms with Gasteiger partial charge in [0.15, 0.2) is 5.16 Å². The fraction of sp³-hybridized carbons (Fsp3) is 0.286. The van der Waals surface area contributed by atoms with Crippen LogP contribution >= 0.6 is 11.8 Å². The molecule has 0 unspecified atom stereocenters. The molecule has 5 nitrogen and oxygen atoms in total. The van der Waals surface area contributed by atoms with E-state index >= 15 is 0 Å². The minimum absolute atomic E-state index is 0.214. The quantitative estimate of drug-likeness (QED) is 0.669. The third kappa shape index (κ3) is 3.80. The molecule has 1 aromatic heterocycles. The molecule has 0 spiro atoms. The number of H-pyrrole nitrogens is 1. The lowest BCUT2D eigenvalue weighted by atomic mass is 10.2. The van der Waals surface area contributed by atoms with Crippen LogP contribution in [-0.4, -0.2) is 38.5 Å². The number of thioether (sulfide) groups is 1. The van der Waals surface area contributed by atoms with Crippen molar-refractivity contribution in [3.63, 3.8) is 0 Å². The zero-order valence-corrected chi connectivity index (χ0v) is 16.3. The molecule has 1 aliphatic rings. The number of nitrogens with one attached hydrogen (secondary N) is 1. The molecule has 3 aromatic rings. The van der Waals surface area contributed by atoms with E-state index in [1.165, 1.54) is 40.9 Å². The summed E-state index contributed by atoms with van der Waals surface area (Å²) < 4.78 is 13.1. The third-order valence-electron chi connectivity index (χ3n) is 4.85. The van der Waals surface area contributed by atoms with Gasteiger partial charge in [-0.1, -0.05) is 24.2 Å². The molecule has 2 aromatic carbocycles. The lowest BCUT2D eigenvalue weighted by Gasteiger charge is -2.22. The summed E-state index contributed by atoms with van der Waals surface area (Å²) in [4.78, 5) is 35.0. The Balaban J connectivity index is 1.55. The van der Waals surface area contributed by atoms with E-state index in [4.69, 9.17) is 0 Å². The molecule has 28 heavy (non-hydrogen) atoms. The number of amides is 2. The number of aromatic amines is 1. The van der Waals surface area contributed by atoms with Gasteiger partial charge in [0.05, 0.1) is 16.3 Å². The van der Waals surface area contributed by atoms with Crippen molar-refractivity contribution in [3.05, 3.63) is 59.4 Å². The van der Waals surface area contributed by atoms with Crippen molar-refractivity contribution in [3.8, 4) is 0 Å². The number of imide groups is 1. The average Bonchev–Trinajstić information content (AvgIpc) is 2.98. The van der Waals surface area contributed by atoms with Gasteiger partial charge in [-0.2, -0.15) is 0 Å². The smallest absolute Gasteiger partial charge is 0.260 e. The van der Waals surface area contributed by atoms with Gasteiger partial charge in [-0.05, 0) is 61.7 Å². The van der Waals surface area contributed by atoms with Crippen molar-refractivity contribution in [1.82, 2.24) is 14.9 Å². The molecule has 1 N–H and O–H groups in total. The Kier molecular flexibility index (Phi) is 5.17. The van der Waals surface area contributed by atoms with Crippen molar-refractivity contribution in [2.45, 2.75) is 36.6 Å². The number of rotatable bonds is 3. The second-order valence-electron chi connectivity index (χ2n) is 6.97. The highest BCUT2D eigenvalue weighted by atomic mass is 32.2. The van der Waals surface area contributed by atoms with Gasteiger partial charge in [0.1, 0.15) is 5.82 Å². The number of hydrogen-bond acceptors (Lipinski definition) is 4. The normalized spacial score (nSPS) is 17.7. The number of nitrogens with zero attached hydrogens (tertiary/aromatic N) is 2. The van der Waals surface area contributed by atoms with E-state index < -0.39 is 5.82 Å². The topological polar surface area (TPSA) is 66.1 Å². The molecule has 4 rings (SSSR count). The van der Waals surface area contributed by atoms with E-state index in [-0.39, 0.29) is 17.1 Å². The van der Waals surface area contributed by atoms with Crippen molar-refractivity contribution < 1.29 is 14.0 Å². The highest BCUT2D eigenvalue weighted by Crippen LogP contribution is 2.30. The predicted octanol–water partition coefficient (Wildman–Crippen LogP) is 4.32. The molecule has 0 bridgehead atoms. The summed E-state index contributed by atoms with van der Waals surface area (Å²) in [5.41, 5.74) is 3.24. The van der Waals surface area contributed by atoms with Gasteiger partial charge in [-0.3, -0.25) is 14.5 Å². The van der Waals surface area contributed by atoms with Crippen LogP contribution in [0.3, 0.4) is 0 Å². The number of aromatic nitrogens is 2. The Morgan fingerprint density at radius 3 is 2.79 bits per heavy atom. The number of likely N-dealkylation sites (tertiary alicyclic amines) is 1. The van der Waals surface area contributed by atoms with E-state index in [0.717, 1.165) is 29.4 Å². The Hall–Kier alpha value is -2.67. The summed E-state index contributed by atoms with van der Waals surface area (Å²) in [6.07, 6.45) is 2.30. The molecular formula is C21H20FN3O2S. The second kappa shape index (κ2) is 7.75. The molecule has 1 saturated heterocycles. The Labute approximate surface area is 166 Å². The lowest BCUT2D eigenvalue weighted by molar-refractivity contribution is -0.127. The average molecular weight is 397 g/mol. The van der Waals surface area contributed by atoms with Gasteiger partial charge < -0.3 is 4.98 Å². The molecule has 144 valence electrons. The Morgan fingerprint density at radius 2 is 2.00 bits per heavy atom. The van der Waals surface area contributed by atoms with Crippen LogP contribution in [0.25, 0.3) is 11.0 Å². The van der Waals surface area contributed by atoms with Gasteiger partial charge in [0, 0.05) is 12.1 Å². The van der Waals surface area contributed by atoms with Crippen LogP contribution in [0.2, 0.25) is 0 Å². The van der Waals surface area contributed by atoms with E-state index in [2.05, 4.69) is 9.97 Å². The van der Waals surface area contributed by atoms with E-state index in [1.807, 2.05) is 25.1 Å². The maximum atomic E-state index is 13.1. The molecule has 0 saturated carbocycles. The molecule has 1 fully saturated rings. The first kappa shape index (κ1) is 18.7. The molecule has 0 radical (unpaired) electrons. The SMILES string of the molecule is Cc1ccc2nc(S[C@H]3CCCCN(C(=O)c4ccc(F)cc4)C3=O)[nH]c2c1. The summed E-state index contributed by atoms with van der Waals surface area (Å²) in [5, 5.41) is 0.295. The Bertz CT molecular complexity index is 1030. The van der Waals surface area contributed by atoms with Crippen LogP contribution in [-0.2, 0) is 4.79 Å². The highest BCUT2D eigenvalue weighted by molar-refractivity contribution is 8.00. The fourth-order valence-corrected chi connectivity index (χ4v) is 4.46. The van der Waals surface area contributed by atoms with E-state index in [0.29, 0.717) is 23.7 Å². The largest absolute Gasteiger partial charge is 0.333 e. The van der Waals surface area contributed by atoms with Crippen molar-refractivity contribution in [1.29, 1.82) is 0 Å². The summed E-state index contributed by atoms with van der Waals surface area (Å²) in [6.45, 7) is 2.40. The third-order valence-corrected chi connectivity index (χ3v) is 5.98. The van der Waals surface area contributed by atoms with E-state index in [1.54, 1.807) is 0 Å². The molecule has 2 heterocycles. The molecule has 7 heteroatoms. The van der Waals surface area contributed by atoms with Crippen LogP contribution in [0.1, 0.15) is 35.2 Å². The van der Waals surface area contributed by atoms with E-state index in [9.17, 15) is 14.0 Å². The minimum Gasteiger partial charge on any atom is -0.333 e. The zero-order chi connectivity index (χ0) is 19.7. The number of carbonyl (C=O) groups is 2. The van der Waals surface area contributed by atoms with Crippen molar-refractivity contribution in [2.24, 2.45) is 0 Å². The molecule has 1 atom stereocenters. The standard InChI is InChI=1S/C21H20FN3O2S/c1-13-5-10-16-17(12-13)24-21(23-16)28-18-4-2-3-11-25(20(18)27)19(26)14-6-8-15(22)9-7-14/h5-10,12,18H,2-4,11H2,1H3,(H,23,24)/t18-/m0/s1. The van der Waals surface area contributed by atoms with Crippen LogP contribution in [0.15, 0.2) is 47.6 Å². The van der Waals surface area contributed by atoms with Crippen LogP contribution < -0.4 is 0 Å². The summed E-state index contributed by atoms with van der Waals surface area (Å²) >= 11 is 1.37. The monoisotopic (exact) mass is 397 g/mol. The van der Waals surface area contributed by atoms with Crippen LogP contribution in [0, 0.1) is 12.7 Å². The maximum absolute atomic E-state index is 13.1. The first-order valence-electron chi connectivity index (χ1n) is 9.25. The number of halogens is 1. The number of benzene rings is 2. The van der Waals surface area contributed by atoms with Gasteiger partial charge in [0.25, 0.3) is 5.91 Å².